The summed E-state index contributed by atoms with van der Waals surface area (Å²) in [5, 5.41) is 0.374. The summed E-state index contributed by atoms with van der Waals surface area (Å²) in [7, 11) is 3.66. The molecule has 0 radical (unpaired) electrons. The molecule has 1 heterocycles. The van der Waals surface area contributed by atoms with Crippen molar-refractivity contribution in [1.29, 1.82) is 0 Å². The van der Waals surface area contributed by atoms with Crippen molar-refractivity contribution in [2.24, 2.45) is 5.92 Å². The largest absolute Gasteiger partial charge is 0.490 e. The molecular formula is C13H20ClN3O. The van der Waals surface area contributed by atoms with Gasteiger partial charge in [0.2, 0.25) is 0 Å². The van der Waals surface area contributed by atoms with Crippen molar-refractivity contribution in [1.82, 2.24) is 9.97 Å². The maximum absolute atomic E-state index is 6.03. The second-order valence-corrected chi connectivity index (χ2v) is 5.40. The topological polar surface area (TPSA) is 38.3 Å². The first-order valence-electron chi connectivity index (χ1n) is 6.40. The molecule has 0 bridgehead atoms. The molecule has 1 aliphatic rings. The highest BCUT2D eigenvalue weighted by atomic mass is 35.5. The number of rotatable bonds is 3. The van der Waals surface area contributed by atoms with Crippen LogP contribution in [0.15, 0.2) is 6.33 Å². The average Bonchev–Trinajstić information content (AvgIpc) is 2.38. The summed E-state index contributed by atoms with van der Waals surface area (Å²) in [6.45, 7) is 2.32. The number of aromatic nitrogens is 2. The lowest BCUT2D eigenvalue weighted by Gasteiger charge is -2.34. The van der Waals surface area contributed by atoms with E-state index in [0.29, 0.717) is 16.9 Å². The molecule has 0 aromatic carbocycles. The fourth-order valence-corrected chi connectivity index (χ4v) is 2.78. The zero-order chi connectivity index (χ0) is 13.1. The molecule has 1 aromatic rings. The Morgan fingerprint density at radius 2 is 1.94 bits per heavy atom. The summed E-state index contributed by atoms with van der Waals surface area (Å²) < 4.78 is 5.31. The van der Waals surface area contributed by atoms with E-state index in [1.165, 1.54) is 32.0 Å². The number of anilines is 1. The molecular weight excluding hydrogens is 250 g/mol. The van der Waals surface area contributed by atoms with Crippen molar-refractivity contribution in [3.63, 3.8) is 0 Å². The van der Waals surface area contributed by atoms with Crippen LogP contribution in [-0.2, 0) is 0 Å². The highest BCUT2D eigenvalue weighted by molar-refractivity contribution is 6.31. The quantitative estimate of drug-likeness (QED) is 0.790. The number of ether oxygens (including phenoxy) is 1. The Kier molecular flexibility index (Phi) is 4.27. The van der Waals surface area contributed by atoms with Gasteiger partial charge < -0.3 is 9.64 Å². The second kappa shape index (κ2) is 5.74. The van der Waals surface area contributed by atoms with Crippen LogP contribution in [0.3, 0.4) is 0 Å². The van der Waals surface area contributed by atoms with Crippen molar-refractivity contribution in [3.05, 3.63) is 11.5 Å². The Morgan fingerprint density at radius 3 is 2.56 bits per heavy atom. The van der Waals surface area contributed by atoms with Gasteiger partial charge in [0.1, 0.15) is 6.33 Å². The van der Waals surface area contributed by atoms with E-state index < -0.39 is 0 Å². The highest BCUT2D eigenvalue weighted by Gasteiger charge is 2.25. The zero-order valence-electron chi connectivity index (χ0n) is 11.2. The van der Waals surface area contributed by atoms with Crippen molar-refractivity contribution in [3.8, 4) is 5.75 Å². The molecule has 0 aliphatic heterocycles. The Bertz CT molecular complexity index is 405. The molecule has 0 atom stereocenters. The minimum Gasteiger partial charge on any atom is -0.490 e. The van der Waals surface area contributed by atoms with Crippen molar-refractivity contribution < 1.29 is 4.74 Å². The molecule has 0 N–H and O–H groups in total. The van der Waals surface area contributed by atoms with E-state index in [1.54, 1.807) is 7.11 Å². The van der Waals surface area contributed by atoms with E-state index in [9.17, 15) is 0 Å². The lowest BCUT2D eigenvalue weighted by molar-refractivity contribution is 0.337. The molecule has 0 saturated heterocycles. The lowest BCUT2D eigenvalue weighted by Crippen LogP contribution is -2.35. The molecule has 100 valence electrons. The van der Waals surface area contributed by atoms with Crippen LogP contribution in [0.2, 0.25) is 5.15 Å². The van der Waals surface area contributed by atoms with Crippen LogP contribution in [0, 0.1) is 5.92 Å². The van der Waals surface area contributed by atoms with Crippen molar-refractivity contribution in [2.45, 2.75) is 38.6 Å². The molecule has 1 fully saturated rings. The highest BCUT2D eigenvalue weighted by Crippen LogP contribution is 2.35. The first-order valence-corrected chi connectivity index (χ1v) is 6.78. The average molecular weight is 270 g/mol. The van der Waals surface area contributed by atoms with Gasteiger partial charge in [0.15, 0.2) is 16.7 Å². The smallest absolute Gasteiger partial charge is 0.199 e. The van der Waals surface area contributed by atoms with Gasteiger partial charge in [-0.25, -0.2) is 9.97 Å². The van der Waals surface area contributed by atoms with Crippen LogP contribution in [0.1, 0.15) is 32.6 Å². The fourth-order valence-electron chi connectivity index (χ4n) is 2.57. The molecule has 0 amide bonds. The van der Waals surface area contributed by atoms with Crippen LogP contribution < -0.4 is 9.64 Å². The summed E-state index contributed by atoms with van der Waals surface area (Å²) >= 11 is 6.03. The Hall–Kier alpha value is -1.03. The van der Waals surface area contributed by atoms with E-state index >= 15 is 0 Å². The Labute approximate surface area is 113 Å². The number of hydrogen-bond donors (Lipinski definition) is 0. The standard InChI is InChI=1S/C13H20ClN3O/c1-9-4-6-10(7-5-9)17(2)13-11(18-3)12(14)15-8-16-13/h8-10H,4-7H2,1-3H3. The second-order valence-electron chi connectivity index (χ2n) is 5.05. The van der Waals surface area contributed by atoms with Crippen molar-refractivity contribution in [2.75, 3.05) is 19.1 Å². The maximum Gasteiger partial charge on any atom is 0.199 e. The van der Waals surface area contributed by atoms with E-state index in [4.69, 9.17) is 16.3 Å². The van der Waals surface area contributed by atoms with E-state index in [-0.39, 0.29) is 0 Å². The normalized spacial score (nSPS) is 23.8. The lowest BCUT2D eigenvalue weighted by atomic mass is 9.87. The van der Waals surface area contributed by atoms with Gasteiger partial charge in [0, 0.05) is 13.1 Å². The minimum absolute atomic E-state index is 0.374. The minimum atomic E-state index is 0.374. The Balaban J connectivity index is 2.18. The van der Waals surface area contributed by atoms with Crippen LogP contribution in [0.25, 0.3) is 0 Å². The molecule has 0 spiro atoms. The zero-order valence-corrected chi connectivity index (χ0v) is 11.9. The van der Waals surface area contributed by atoms with E-state index in [2.05, 4.69) is 28.8 Å². The maximum atomic E-state index is 6.03. The first-order chi connectivity index (χ1) is 8.63. The molecule has 1 aromatic heterocycles. The molecule has 5 heteroatoms. The predicted molar refractivity (Wildman–Crippen MR) is 73.4 cm³/mol. The van der Waals surface area contributed by atoms with Gasteiger partial charge in [-0.3, -0.25) is 0 Å². The third-order valence-corrected chi connectivity index (χ3v) is 4.08. The third-order valence-electron chi connectivity index (χ3n) is 3.81. The number of hydrogen-bond acceptors (Lipinski definition) is 4. The monoisotopic (exact) mass is 269 g/mol. The summed E-state index contributed by atoms with van der Waals surface area (Å²) in [6.07, 6.45) is 6.43. The molecule has 1 saturated carbocycles. The molecule has 0 unspecified atom stereocenters. The molecule has 2 rings (SSSR count). The summed E-state index contributed by atoms with van der Waals surface area (Å²) in [5.74, 6) is 2.20. The fraction of sp³-hybridized carbons (Fsp3) is 0.692. The molecule has 18 heavy (non-hydrogen) atoms. The summed E-state index contributed by atoms with van der Waals surface area (Å²) in [5.41, 5.74) is 0. The third kappa shape index (κ3) is 2.69. The molecule has 1 aliphatic carbocycles. The first kappa shape index (κ1) is 13.4. The van der Waals surface area contributed by atoms with Crippen LogP contribution in [0.5, 0.6) is 5.75 Å². The van der Waals surface area contributed by atoms with Gasteiger partial charge in [0.25, 0.3) is 0 Å². The van der Waals surface area contributed by atoms with E-state index in [0.717, 1.165) is 11.7 Å². The van der Waals surface area contributed by atoms with Gasteiger partial charge in [-0.15, -0.1) is 0 Å². The van der Waals surface area contributed by atoms with Crippen LogP contribution >= 0.6 is 11.6 Å². The van der Waals surface area contributed by atoms with Crippen molar-refractivity contribution >= 4 is 17.4 Å². The number of nitrogens with zero attached hydrogens (tertiary/aromatic N) is 3. The Morgan fingerprint density at radius 1 is 1.28 bits per heavy atom. The van der Waals surface area contributed by atoms with Crippen LogP contribution in [0.4, 0.5) is 5.82 Å². The van der Waals surface area contributed by atoms with Gasteiger partial charge in [0.05, 0.1) is 7.11 Å². The number of methoxy groups -OCH3 is 1. The van der Waals surface area contributed by atoms with Gasteiger partial charge >= 0.3 is 0 Å². The van der Waals surface area contributed by atoms with Gasteiger partial charge in [-0.1, -0.05) is 18.5 Å². The van der Waals surface area contributed by atoms with Crippen LogP contribution in [-0.4, -0.2) is 30.2 Å². The molecule has 4 nitrogen and oxygen atoms in total. The number of halogens is 1. The SMILES string of the molecule is COc1c(Cl)ncnc1N(C)C1CCC(C)CC1. The summed E-state index contributed by atoms with van der Waals surface area (Å²) in [6, 6.07) is 0.515. The van der Waals surface area contributed by atoms with E-state index in [1.807, 2.05) is 0 Å². The van der Waals surface area contributed by atoms with Gasteiger partial charge in [-0.2, -0.15) is 0 Å². The van der Waals surface area contributed by atoms with Gasteiger partial charge in [-0.05, 0) is 31.6 Å². The summed E-state index contributed by atoms with van der Waals surface area (Å²) in [4.78, 5) is 10.4. The predicted octanol–water partition coefficient (Wildman–Crippen LogP) is 3.15.